The first-order chi connectivity index (χ1) is 7.83. The van der Waals surface area contributed by atoms with Crippen LogP contribution in [-0.2, 0) is 11.2 Å². The van der Waals surface area contributed by atoms with Gasteiger partial charge in [0.25, 0.3) is 0 Å². The highest BCUT2D eigenvalue weighted by Crippen LogP contribution is 1.92. The zero-order chi connectivity index (χ0) is 11.6. The molecule has 0 atom stereocenters. The van der Waals surface area contributed by atoms with Gasteiger partial charge in [0.05, 0.1) is 6.61 Å². The van der Waals surface area contributed by atoms with Crippen molar-refractivity contribution in [2.24, 2.45) is 0 Å². The van der Waals surface area contributed by atoms with Crippen LogP contribution in [0.25, 0.3) is 0 Å². The summed E-state index contributed by atoms with van der Waals surface area (Å²) in [5, 5.41) is 6.82. The van der Waals surface area contributed by atoms with E-state index in [9.17, 15) is 0 Å². The third-order valence-corrected chi connectivity index (χ3v) is 2.27. The predicted molar refractivity (Wildman–Crippen MR) is 68.4 cm³/mol. The number of ether oxygens (including phenoxy) is 1. The lowest BCUT2D eigenvalue weighted by Gasteiger charge is -2.09. The minimum atomic E-state index is 0.655. The summed E-state index contributed by atoms with van der Waals surface area (Å²) in [5.74, 6) is 0. The van der Waals surface area contributed by atoms with Crippen LogP contribution in [0.3, 0.4) is 0 Å². The van der Waals surface area contributed by atoms with E-state index in [-0.39, 0.29) is 0 Å². The summed E-state index contributed by atoms with van der Waals surface area (Å²) in [5.41, 5.74) is 1.06. The minimum Gasteiger partial charge on any atom is -0.383 e. The van der Waals surface area contributed by atoms with Crippen molar-refractivity contribution >= 4 is 17.3 Å². The molecule has 0 radical (unpaired) electrons. The highest BCUT2D eigenvalue weighted by molar-refractivity contribution is 7.80. The lowest BCUT2D eigenvalue weighted by atomic mass is 10.3. The van der Waals surface area contributed by atoms with E-state index in [1.165, 1.54) is 0 Å². The SMILES string of the molecule is COCCNC(=S)NCCc1ccccn1. The molecule has 0 saturated heterocycles. The maximum Gasteiger partial charge on any atom is 0.166 e. The third kappa shape index (κ3) is 5.63. The van der Waals surface area contributed by atoms with Gasteiger partial charge in [-0.1, -0.05) is 6.07 Å². The summed E-state index contributed by atoms with van der Waals surface area (Å²) in [6.07, 6.45) is 2.66. The first kappa shape index (κ1) is 12.9. The van der Waals surface area contributed by atoms with E-state index < -0.39 is 0 Å². The molecule has 0 spiro atoms. The molecule has 1 aromatic rings. The highest BCUT2D eigenvalue weighted by Gasteiger charge is 1.95. The topological polar surface area (TPSA) is 46.2 Å². The number of hydrogen-bond donors (Lipinski definition) is 2. The number of methoxy groups -OCH3 is 1. The fraction of sp³-hybridized carbons (Fsp3) is 0.455. The van der Waals surface area contributed by atoms with Crippen molar-refractivity contribution < 1.29 is 4.74 Å². The Bertz CT molecular complexity index is 305. The first-order valence-electron chi connectivity index (χ1n) is 5.23. The zero-order valence-corrected chi connectivity index (χ0v) is 10.2. The van der Waals surface area contributed by atoms with Gasteiger partial charge in [-0.2, -0.15) is 0 Å². The van der Waals surface area contributed by atoms with Crippen molar-refractivity contribution in [3.05, 3.63) is 30.1 Å². The average molecular weight is 239 g/mol. The van der Waals surface area contributed by atoms with Crippen molar-refractivity contribution in [3.63, 3.8) is 0 Å². The number of rotatable bonds is 6. The molecule has 0 aliphatic heterocycles. The third-order valence-electron chi connectivity index (χ3n) is 1.98. The summed E-state index contributed by atoms with van der Waals surface area (Å²) in [6.45, 7) is 2.17. The largest absolute Gasteiger partial charge is 0.383 e. The van der Waals surface area contributed by atoms with Crippen LogP contribution >= 0.6 is 12.2 Å². The van der Waals surface area contributed by atoms with E-state index in [4.69, 9.17) is 17.0 Å². The molecule has 0 saturated carbocycles. The predicted octanol–water partition coefficient (Wildman–Crippen LogP) is 0.735. The summed E-state index contributed by atoms with van der Waals surface area (Å²) < 4.78 is 4.91. The first-order valence-corrected chi connectivity index (χ1v) is 5.64. The van der Waals surface area contributed by atoms with E-state index in [1.54, 1.807) is 13.3 Å². The fourth-order valence-corrected chi connectivity index (χ4v) is 1.38. The summed E-state index contributed by atoms with van der Waals surface area (Å²) in [4.78, 5) is 4.23. The molecule has 0 amide bonds. The Hall–Kier alpha value is -1.20. The van der Waals surface area contributed by atoms with Crippen LogP contribution < -0.4 is 10.6 Å². The van der Waals surface area contributed by atoms with Crippen LogP contribution in [0.15, 0.2) is 24.4 Å². The van der Waals surface area contributed by atoms with Gasteiger partial charge < -0.3 is 15.4 Å². The Balaban J connectivity index is 2.09. The second-order valence-corrected chi connectivity index (χ2v) is 3.65. The molecular formula is C11H17N3OS. The number of pyridine rings is 1. The Morgan fingerprint density at radius 2 is 2.19 bits per heavy atom. The molecule has 0 aromatic carbocycles. The molecular weight excluding hydrogens is 222 g/mol. The molecule has 0 aliphatic rings. The maximum absolute atomic E-state index is 5.08. The molecule has 0 fully saturated rings. The number of hydrogen-bond acceptors (Lipinski definition) is 3. The number of thiocarbonyl (C=S) groups is 1. The normalized spacial score (nSPS) is 9.81. The minimum absolute atomic E-state index is 0.655. The van der Waals surface area contributed by atoms with Crippen LogP contribution in [0.5, 0.6) is 0 Å². The molecule has 88 valence electrons. The van der Waals surface area contributed by atoms with Crippen molar-refractivity contribution in [1.29, 1.82) is 0 Å². The number of nitrogens with one attached hydrogen (secondary N) is 2. The summed E-state index contributed by atoms with van der Waals surface area (Å²) in [7, 11) is 1.67. The van der Waals surface area contributed by atoms with Crippen molar-refractivity contribution in [2.75, 3.05) is 26.8 Å². The molecule has 2 N–H and O–H groups in total. The molecule has 16 heavy (non-hydrogen) atoms. The van der Waals surface area contributed by atoms with E-state index in [1.807, 2.05) is 18.2 Å². The van der Waals surface area contributed by atoms with Gasteiger partial charge in [0.2, 0.25) is 0 Å². The van der Waals surface area contributed by atoms with Gasteiger partial charge in [-0.15, -0.1) is 0 Å². The highest BCUT2D eigenvalue weighted by atomic mass is 32.1. The van der Waals surface area contributed by atoms with Gasteiger partial charge in [-0.05, 0) is 24.4 Å². The Morgan fingerprint density at radius 3 is 2.88 bits per heavy atom. The van der Waals surface area contributed by atoms with Crippen molar-refractivity contribution in [3.8, 4) is 0 Å². The van der Waals surface area contributed by atoms with Crippen LogP contribution in [0.4, 0.5) is 0 Å². The van der Waals surface area contributed by atoms with E-state index in [0.29, 0.717) is 11.7 Å². The lowest BCUT2D eigenvalue weighted by Crippen LogP contribution is -2.37. The molecule has 5 heteroatoms. The molecule has 0 aliphatic carbocycles. The van der Waals surface area contributed by atoms with Gasteiger partial charge >= 0.3 is 0 Å². The Morgan fingerprint density at radius 1 is 1.38 bits per heavy atom. The fourth-order valence-electron chi connectivity index (χ4n) is 1.18. The molecule has 0 unspecified atom stereocenters. The molecule has 1 heterocycles. The molecule has 1 aromatic heterocycles. The van der Waals surface area contributed by atoms with Gasteiger partial charge in [-0.25, -0.2) is 0 Å². The van der Waals surface area contributed by atoms with Crippen molar-refractivity contribution in [2.45, 2.75) is 6.42 Å². The second-order valence-electron chi connectivity index (χ2n) is 3.25. The molecule has 1 rings (SSSR count). The van der Waals surface area contributed by atoms with Crippen molar-refractivity contribution in [1.82, 2.24) is 15.6 Å². The smallest absolute Gasteiger partial charge is 0.166 e. The second kappa shape index (κ2) is 8.01. The number of nitrogens with zero attached hydrogens (tertiary/aromatic N) is 1. The van der Waals surface area contributed by atoms with Gasteiger partial charge in [-0.3, -0.25) is 4.98 Å². The Kier molecular flexibility index (Phi) is 6.44. The zero-order valence-electron chi connectivity index (χ0n) is 9.40. The van der Waals surface area contributed by atoms with Crippen LogP contribution in [0.2, 0.25) is 0 Å². The van der Waals surface area contributed by atoms with E-state index in [2.05, 4.69) is 15.6 Å². The standard InChI is InChI=1S/C11H17N3OS/c1-15-9-8-14-11(16)13-7-5-10-4-2-3-6-12-10/h2-4,6H,5,7-9H2,1H3,(H2,13,14,16). The quantitative estimate of drug-likeness (QED) is 0.566. The van der Waals surface area contributed by atoms with Gasteiger partial charge in [0.1, 0.15) is 0 Å². The van der Waals surface area contributed by atoms with E-state index in [0.717, 1.165) is 25.2 Å². The van der Waals surface area contributed by atoms with Crippen LogP contribution in [0, 0.1) is 0 Å². The Labute approximate surface area is 101 Å². The maximum atomic E-state index is 5.08. The summed E-state index contributed by atoms with van der Waals surface area (Å²) >= 11 is 5.08. The lowest BCUT2D eigenvalue weighted by molar-refractivity contribution is 0.204. The molecule has 4 nitrogen and oxygen atoms in total. The summed E-state index contributed by atoms with van der Waals surface area (Å²) in [6, 6.07) is 5.90. The monoisotopic (exact) mass is 239 g/mol. The van der Waals surface area contributed by atoms with Crippen LogP contribution in [0.1, 0.15) is 5.69 Å². The van der Waals surface area contributed by atoms with Gasteiger partial charge in [0.15, 0.2) is 5.11 Å². The van der Waals surface area contributed by atoms with Gasteiger partial charge in [0, 0.05) is 38.5 Å². The van der Waals surface area contributed by atoms with Crippen LogP contribution in [-0.4, -0.2) is 36.9 Å². The van der Waals surface area contributed by atoms with E-state index >= 15 is 0 Å². The average Bonchev–Trinajstić information content (AvgIpc) is 2.31. The number of aromatic nitrogens is 1. The molecule has 0 bridgehead atoms.